The van der Waals surface area contributed by atoms with Gasteiger partial charge in [0, 0.05) is 11.8 Å². The quantitative estimate of drug-likeness (QED) is 0.680. The molecule has 0 aliphatic carbocycles. The first-order valence-electron chi connectivity index (χ1n) is 8.98. The topological polar surface area (TPSA) is 84.2 Å². The standard InChI is InChI=1S/C22H23N3O3/c1-14-12-19(27)20(24-25(14)16-8-6-5-7-9-16)21(28)23-17-13-15(22(2,3)4)10-11-18(17)26/h5-13,26H,1-4H3,(H,23,28). The number of aryl methyl sites for hydroxylation is 1. The molecule has 0 aliphatic heterocycles. The number of carbonyl (C=O) groups excluding carboxylic acids is 1. The summed E-state index contributed by atoms with van der Waals surface area (Å²) in [7, 11) is 0. The van der Waals surface area contributed by atoms with Gasteiger partial charge in [-0.15, -0.1) is 0 Å². The Labute approximate surface area is 163 Å². The van der Waals surface area contributed by atoms with E-state index in [1.807, 2.05) is 51.1 Å². The average molecular weight is 377 g/mol. The molecule has 0 fully saturated rings. The molecule has 3 rings (SSSR count). The molecule has 0 atom stereocenters. The summed E-state index contributed by atoms with van der Waals surface area (Å²) in [5.41, 5.74) is 1.67. The van der Waals surface area contributed by atoms with Crippen LogP contribution in [0.3, 0.4) is 0 Å². The van der Waals surface area contributed by atoms with Gasteiger partial charge in [-0.3, -0.25) is 9.59 Å². The Bertz CT molecular complexity index is 1080. The van der Waals surface area contributed by atoms with Crippen molar-refractivity contribution in [3.8, 4) is 11.4 Å². The van der Waals surface area contributed by atoms with E-state index in [4.69, 9.17) is 0 Å². The minimum atomic E-state index is -0.670. The SMILES string of the molecule is Cc1cc(=O)c(C(=O)Nc2cc(C(C)(C)C)ccc2O)nn1-c1ccccc1. The van der Waals surface area contributed by atoms with E-state index in [1.165, 1.54) is 12.1 Å². The van der Waals surface area contributed by atoms with Gasteiger partial charge in [-0.1, -0.05) is 45.0 Å². The van der Waals surface area contributed by atoms with Crippen molar-refractivity contribution in [3.05, 3.63) is 81.8 Å². The maximum Gasteiger partial charge on any atom is 0.280 e. The second-order valence-electron chi connectivity index (χ2n) is 7.68. The lowest BCUT2D eigenvalue weighted by molar-refractivity contribution is 0.101. The molecule has 1 aromatic heterocycles. The van der Waals surface area contributed by atoms with Gasteiger partial charge in [0.1, 0.15) is 5.75 Å². The molecule has 3 aromatic rings. The molecular weight excluding hydrogens is 354 g/mol. The average Bonchev–Trinajstić information content (AvgIpc) is 2.63. The summed E-state index contributed by atoms with van der Waals surface area (Å²) in [6.45, 7) is 7.85. The monoisotopic (exact) mass is 377 g/mol. The normalized spacial score (nSPS) is 11.3. The van der Waals surface area contributed by atoms with E-state index in [1.54, 1.807) is 23.7 Å². The van der Waals surface area contributed by atoms with Crippen LogP contribution >= 0.6 is 0 Å². The largest absolute Gasteiger partial charge is 0.506 e. The number of anilines is 1. The number of phenols is 1. The third-order valence-corrected chi connectivity index (χ3v) is 4.43. The fourth-order valence-corrected chi connectivity index (χ4v) is 2.82. The Morgan fingerprint density at radius 1 is 1.07 bits per heavy atom. The van der Waals surface area contributed by atoms with E-state index >= 15 is 0 Å². The molecular formula is C22H23N3O3. The zero-order valence-corrected chi connectivity index (χ0v) is 16.4. The molecule has 0 aliphatic rings. The van der Waals surface area contributed by atoms with Crippen LogP contribution in [0.2, 0.25) is 0 Å². The van der Waals surface area contributed by atoms with Crippen LogP contribution in [-0.2, 0) is 5.41 Å². The second kappa shape index (κ2) is 7.31. The van der Waals surface area contributed by atoms with Gasteiger partial charge in [0.05, 0.1) is 11.4 Å². The molecule has 0 saturated carbocycles. The predicted octanol–water partition coefficient (Wildman–Crippen LogP) is 3.80. The van der Waals surface area contributed by atoms with Crippen molar-refractivity contribution in [2.45, 2.75) is 33.1 Å². The van der Waals surface area contributed by atoms with Crippen LogP contribution in [0.1, 0.15) is 42.5 Å². The minimum absolute atomic E-state index is 0.0724. The van der Waals surface area contributed by atoms with E-state index in [-0.39, 0.29) is 22.5 Å². The highest BCUT2D eigenvalue weighted by atomic mass is 16.3. The molecule has 1 amide bonds. The van der Waals surface area contributed by atoms with Crippen LogP contribution in [0.5, 0.6) is 5.75 Å². The van der Waals surface area contributed by atoms with Gasteiger partial charge in [0.2, 0.25) is 5.43 Å². The predicted molar refractivity (Wildman–Crippen MR) is 109 cm³/mol. The maximum atomic E-state index is 12.7. The van der Waals surface area contributed by atoms with E-state index in [0.29, 0.717) is 5.69 Å². The van der Waals surface area contributed by atoms with Crippen LogP contribution < -0.4 is 10.7 Å². The van der Waals surface area contributed by atoms with Crippen molar-refractivity contribution in [2.75, 3.05) is 5.32 Å². The number of hydrogen-bond acceptors (Lipinski definition) is 4. The van der Waals surface area contributed by atoms with Crippen LogP contribution in [0.25, 0.3) is 5.69 Å². The van der Waals surface area contributed by atoms with Gasteiger partial charge in [0.25, 0.3) is 5.91 Å². The number of aromatic nitrogens is 2. The van der Waals surface area contributed by atoms with Crippen molar-refractivity contribution in [1.82, 2.24) is 9.78 Å². The van der Waals surface area contributed by atoms with Crippen LogP contribution in [0.15, 0.2) is 59.4 Å². The van der Waals surface area contributed by atoms with Gasteiger partial charge < -0.3 is 10.4 Å². The van der Waals surface area contributed by atoms with Gasteiger partial charge in [-0.05, 0) is 42.2 Å². The highest BCUT2D eigenvalue weighted by Gasteiger charge is 2.19. The van der Waals surface area contributed by atoms with Gasteiger partial charge in [0.15, 0.2) is 5.69 Å². The number of nitrogens with zero attached hydrogens (tertiary/aromatic N) is 2. The lowest BCUT2D eigenvalue weighted by atomic mass is 9.87. The number of para-hydroxylation sites is 1. The summed E-state index contributed by atoms with van der Waals surface area (Å²) in [6, 6.07) is 15.7. The number of benzene rings is 2. The molecule has 0 unspecified atom stereocenters. The zero-order chi connectivity index (χ0) is 20.5. The van der Waals surface area contributed by atoms with Crippen molar-refractivity contribution < 1.29 is 9.90 Å². The van der Waals surface area contributed by atoms with Gasteiger partial charge >= 0.3 is 0 Å². The van der Waals surface area contributed by atoms with Gasteiger partial charge in [-0.2, -0.15) is 5.10 Å². The number of hydrogen-bond donors (Lipinski definition) is 2. The molecule has 0 saturated heterocycles. The lowest BCUT2D eigenvalue weighted by Gasteiger charge is -2.20. The molecule has 2 N–H and O–H groups in total. The van der Waals surface area contributed by atoms with E-state index in [2.05, 4.69) is 10.4 Å². The van der Waals surface area contributed by atoms with Crippen LogP contribution in [-0.4, -0.2) is 20.8 Å². The first-order valence-corrected chi connectivity index (χ1v) is 8.98. The fourth-order valence-electron chi connectivity index (χ4n) is 2.82. The minimum Gasteiger partial charge on any atom is -0.506 e. The van der Waals surface area contributed by atoms with Gasteiger partial charge in [-0.25, -0.2) is 4.68 Å². The first kappa shape index (κ1) is 19.4. The number of phenolic OH excluding ortho intramolecular Hbond substituents is 1. The molecule has 1 heterocycles. The second-order valence-corrected chi connectivity index (χ2v) is 7.68. The Balaban J connectivity index is 1.99. The third-order valence-electron chi connectivity index (χ3n) is 4.43. The summed E-state index contributed by atoms with van der Waals surface area (Å²) in [5, 5.41) is 17.0. The molecule has 6 heteroatoms. The highest BCUT2D eigenvalue weighted by molar-refractivity contribution is 6.03. The smallest absolute Gasteiger partial charge is 0.280 e. The Kier molecular flexibility index (Phi) is 5.05. The Morgan fingerprint density at radius 3 is 2.39 bits per heavy atom. The molecule has 0 bridgehead atoms. The van der Waals surface area contributed by atoms with E-state index in [9.17, 15) is 14.7 Å². The fraction of sp³-hybridized carbons (Fsp3) is 0.227. The number of nitrogens with one attached hydrogen (secondary N) is 1. The molecule has 6 nitrogen and oxygen atoms in total. The molecule has 0 spiro atoms. The van der Waals surface area contributed by atoms with Crippen LogP contribution in [0.4, 0.5) is 5.69 Å². The summed E-state index contributed by atoms with van der Waals surface area (Å²) < 4.78 is 1.54. The van der Waals surface area contributed by atoms with E-state index in [0.717, 1.165) is 11.3 Å². The lowest BCUT2D eigenvalue weighted by Crippen LogP contribution is -2.27. The first-order chi connectivity index (χ1) is 13.2. The van der Waals surface area contributed by atoms with Crippen molar-refractivity contribution in [3.63, 3.8) is 0 Å². The Morgan fingerprint density at radius 2 is 1.75 bits per heavy atom. The number of carbonyl (C=O) groups is 1. The highest BCUT2D eigenvalue weighted by Crippen LogP contribution is 2.30. The van der Waals surface area contributed by atoms with Crippen molar-refractivity contribution in [1.29, 1.82) is 0 Å². The zero-order valence-electron chi connectivity index (χ0n) is 16.4. The Hall–Kier alpha value is -3.41. The summed E-state index contributed by atoms with van der Waals surface area (Å²) in [5.74, 6) is -0.743. The summed E-state index contributed by atoms with van der Waals surface area (Å²) >= 11 is 0. The number of aromatic hydroxyl groups is 1. The van der Waals surface area contributed by atoms with Crippen molar-refractivity contribution >= 4 is 11.6 Å². The van der Waals surface area contributed by atoms with Crippen LogP contribution in [0, 0.1) is 6.92 Å². The molecule has 2 aromatic carbocycles. The third kappa shape index (κ3) is 3.96. The van der Waals surface area contributed by atoms with Crippen molar-refractivity contribution in [2.24, 2.45) is 0 Å². The molecule has 144 valence electrons. The molecule has 28 heavy (non-hydrogen) atoms. The van der Waals surface area contributed by atoms with E-state index < -0.39 is 11.3 Å². The maximum absolute atomic E-state index is 12.7. The number of amides is 1. The summed E-state index contributed by atoms with van der Waals surface area (Å²) in [4.78, 5) is 25.1. The summed E-state index contributed by atoms with van der Waals surface area (Å²) in [6.07, 6.45) is 0. The molecule has 0 radical (unpaired) electrons. The number of rotatable bonds is 3.